The molecule has 0 aromatic heterocycles. The molecule has 0 spiro atoms. The normalized spacial score (nSPS) is 36.8. The van der Waals surface area contributed by atoms with Gasteiger partial charge in [0.15, 0.2) is 0 Å². The van der Waals surface area contributed by atoms with Crippen LogP contribution in [0.3, 0.4) is 0 Å². The zero-order chi connectivity index (χ0) is 16.0. The first-order valence-electron chi connectivity index (χ1n) is 7.82. The van der Waals surface area contributed by atoms with Gasteiger partial charge >= 0.3 is 5.97 Å². The van der Waals surface area contributed by atoms with Crippen molar-refractivity contribution in [2.75, 3.05) is 21.3 Å². The average Bonchev–Trinajstić information content (AvgIpc) is 2.74. The molecule has 122 valence electrons. The number of fused-ring (bicyclic) bond motifs is 2. The van der Waals surface area contributed by atoms with Crippen molar-refractivity contribution in [3.63, 3.8) is 0 Å². The average molecular weight is 298 g/mol. The minimum Gasteiger partial charge on any atom is -0.462 e. The van der Waals surface area contributed by atoms with E-state index in [9.17, 15) is 4.79 Å². The Kier molecular flexibility index (Phi) is 7.40. The molecule has 3 aliphatic rings. The van der Waals surface area contributed by atoms with E-state index in [1.165, 1.54) is 25.7 Å². The molecule has 0 amide bonds. The molecular formula is C17H30O4. The van der Waals surface area contributed by atoms with Crippen LogP contribution in [0.4, 0.5) is 0 Å². The monoisotopic (exact) mass is 298 g/mol. The third-order valence-electron chi connectivity index (χ3n) is 4.71. The standard InChI is InChI=1S/C14H20O2.C2H6O.CH4O/c1-8-3-4-10-6-12-9(2)16-14(15)13(12)7-11(10)5-8;1-3-2;1-2/h7-10,12-13H,3-6H2,1-2H3;1-2H3;2H,1H3. The number of allylic oxidation sites excluding steroid dienone is 1. The van der Waals surface area contributed by atoms with Crippen LogP contribution in [-0.2, 0) is 14.3 Å². The van der Waals surface area contributed by atoms with Gasteiger partial charge in [0, 0.05) is 27.2 Å². The third-order valence-corrected chi connectivity index (χ3v) is 4.71. The van der Waals surface area contributed by atoms with Crippen molar-refractivity contribution in [3.05, 3.63) is 11.6 Å². The number of hydrogen-bond donors (Lipinski definition) is 1. The number of rotatable bonds is 0. The van der Waals surface area contributed by atoms with Gasteiger partial charge in [-0.2, -0.15) is 0 Å². The van der Waals surface area contributed by atoms with Gasteiger partial charge in [-0.25, -0.2) is 0 Å². The Bertz CT molecular complexity index is 364. The summed E-state index contributed by atoms with van der Waals surface area (Å²) in [4.78, 5) is 11.7. The molecule has 2 aliphatic carbocycles. The van der Waals surface area contributed by atoms with Crippen molar-refractivity contribution in [3.8, 4) is 0 Å². The molecule has 5 atom stereocenters. The molecule has 0 aromatic rings. The van der Waals surface area contributed by atoms with Crippen molar-refractivity contribution < 1.29 is 19.4 Å². The van der Waals surface area contributed by atoms with E-state index in [1.54, 1.807) is 19.8 Å². The summed E-state index contributed by atoms with van der Waals surface area (Å²) >= 11 is 0. The van der Waals surface area contributed by atoms with E-state index < -0.39 is 0 Å². The van der Waals surface area contributed by atoms with Crippen LogP contribution in [-0.4, -0.2) is 38.5 Å². The minimum absolute atomic E-state index is 0.0154. The summed E-state index contributed by atoms with van der Waals surface area (Å²) in [6.45, 7) is 4.37. The largest absolute Gasteiger partial charge is 0.462 e. The SMILES string of the molecule is CC1CCC2CC3C(C)OC(=O)C3C=C2C1.CO.COC. The molecule has 5 unspecified atom stereocenters. The summed E-state index contributed by atoms with van der Waals surface area (Å²) in [6.07, 6.45) is 7.43. The van der Waals surface area contributed by atoms with E-state index in [-0.39, 0.29) is 18.0 Å². The quantitative estimate of drug-likeness (QED) is 0.552. The molecule has 2 fully saturated rings. The summed E-state index contributed by atoms with van der Waals surface area (Å²) in [5.41, 5.74) is 1.55. The smallest absolute Gasteiger partial charge is 0.313 e. The molecular weight excluding hydrogens is 268 g/mol. The van der Waals surface area contributed by atoms with Gasteiger partial charge in [-0.1, -0.05) is 18.6 Å². The Hall–Kier alpha value is -0.870. The molecule has 4 nitrogen and oxygen atoms in total. The molecule has 0 aromatic carbocycles. The molecule has 1 aliphatic heterocycles. The lowest BCUT2D eigenvalue weighted by atomic mass is 9.67. The number of carbonyl (C=O) groups excluding carboxylic acids is 1. The second-order valence-electron chi connectivity index (χ2n) is 6.30. The number of aliphatic hydroxyl groups is 1. The summed E-state index contributed by atoms with van der Waals surface area (Å²) < 4.78 is 9.61. The van der Waals surface area contributed by atoms with E-state index in [0.29, 0.717) is 5.92 Å². The topological polar surface area (TPSA) is 55.8 Å². The van der Waals surface area contributed by atoms with Crippen LogP contribution in [0.2, 0.25) is 0 Å². The van der Waals surface area contributed by atoms with Crippen molar-refractivity contribution in [1.82, 2.24) is 0 Å². The number of carbonyl (C=O) groups is 1. The Morgan fingerprint density at radius 1 is 1.24 bits per heavy atom. The maximum absolute atomic E-state index is 11.7. The minimum atomic E-state index is 0.0154. The molecule has 1 saturated heterocycles. The lowest BCUT2D eigenvalue weighted by Crippen LogP contribution is -2.29. The summed E-state index contributed by atoms with van der Waals surface area (Å²) in [5.74, 6) is 2.09. The molecule has 4 heteroatoms. The molecule has 21 heavy (non-hydrogen) atoms. The summed E-state index contributed by atoms with van der Waals surface area (Å²) in [6, 6.07) is 0. The van der Waals surface area contributed by atoms with E-state index in [0.717, 1.165) is 18.9 Å². The number of esters is 1. The van der Waals surface area contributed by atoms with E-state index in [1.807, 2.05) is 6.92 Å². The second kappa shape index (κ2) is 8.54. The number of methoxy groups -OCH3 is 1. The number of aliphatic hydroxyl groups excluding tert-OH is 1. The second-order valence-corrected chi connectivity index (χ2v) is 6.30. The Balaban J connectivity index is 0.000000395. The first-order chi connectivity index (χ1) is 10.1. The predicted octanol–water partition coefficient (Wildman–Crippen LogP) is 2.80. The molecule has 1 saturated carbocycles. The zero-order valence-corrected chi connectivity index (χ0v) is 14.0. The highest BCUT2D eigenvalue weighted by molar-refractivity contribution is 5.77. The van der Waals surface area contributed by atoms with Crippen LogP contribution in [0.25, 0.3) is 0 Å². The van der Waals surface area contributed by atoms with Crippen molar-refractivity contribution in [1.29, 1.82) is 0 Å². The summed E-state index contributed by atoms with van der Waals surface area (Å²) in [5, 5.41) is 7.00. The van der Waals surface area contributed by atoms with E-state index in [2.05, 4.69) is 17.7 Å². The van der Waals surface area contributed by atoms with Crippen LogP contribution in [0.5, 0.6) is 0 Å². The molecule has 0 radical (unpaired) electrons. The van der Waals surface area contributed by atoms with Crippen molar-refractivity contribution >= 4 is 5.97 Å². The molecule has 3 rings (SSSR count). The van der Waals surface area contributed by atoms with Gasteiger partial charge < -0.3 is 14.6 Å². The highest BCUT2D eigenvalue weighted by Crippen LogP contribution is 2.46. The number of cyclic esters (lactones) is 1. The van der Waals surface area contributed by atoms with E-state index >= 15 is 0 Å². The Labute approximate surface area is 128 Å². The predicted molar refractivity (Wildman–Crippen MR) is 82.8 cm³/mol. The van der Waals surface area contributed by atoms with Gasteiger partial charge in [0.1, 0.15) is 6.10 Å². The first kappa shape index (κ1) is 18.2. The van der Waals surface area contributed by atoms with Gasteiger partial charge in [-0.15, -0.1) is 0 Å². The fourth-order valence-corrected chi connectivity index (χ4v) is 3.72. The van der Waals surface area contributed by atoms with Crippen molar-refractivity contribution in [2.45, 2.75) is 45.6 Å². The van der Waals surface area contributed by atoms with Gasteiger partial charge in [-0.3, -0.25) is 4.79 Å². The Morgan fingerprint density at radius 3 is 2.48 bits per heavy atom. The third kappa shape index (κ3) is 4.30. The molecule has 1 heterocycles. The zero-order valence-electron chi connectivity index (χ0n) is 14.0. The fraction of sp³-hybridized carbons (Fsp3) is 0.824. The molecule has 1 N–H and O–H groups in total. The molecule has 0 bridgehead atoms. The van der Waals surface area contributed by atoms with Crippen LogP contribution < -0.4 is 0 Å². The number of ether oxygens (including phenoxy) is 2. The highest BCUT2D eigenvalue weighted by atomic mass is 16.6. The van der Waals surface area contributed by atoms with E-state index in [4.69, 9.17) is 9.84 Å². The maximum atomic E-state index is 11.7. The fourth-order valence-electron chi connectivity index (χ4n) is 3.72. The van der Waals surface area contributed by atoms with Crippen LogP contribution >= 0.6 is 0 Å². The van der Waals surface area contributed by atoms with Crippen LogP contribution in [0.1, 0.15) is 39.5 Å². The number of hydrogen-bond acceptors (Lipinski definition) is 4. The van der Waals surface area contributed by atoms with Gasteiger partial charge in [0.25, 0.3) is 0 Å². The Morgan fingerprint density at radius 2 is 1.86 bits per heavy atom. The lowest BCUT2D eigenvalue weighted by Gasteiger charge is -2.36. The maximum Gasteiger partial charge on any atom is 0.313 e. The van der Waals surface area contributed by atoms with Crippen molar-refractivity contribution in [2.24, 2.45) is 23.7 Å². The lowest BCUT2D eigenvalue weighted by molar-refractivity contribution is -0.142. The first-order valence-corrected chi connectivity index (χ1v) is 7.82. The highest BCUT2D eigenvalue weighted by Gasteiger charge is 2.45. The van der Waals surface area contributed by atoms with Gasteiger partial charge in [0.2, 0.25) is 0 Å². The van der Waals surface area contributed by atoms with Gasteiger partial charge in [0.05, 0.1) is 5.92 Å². The van der Waals surface area contributed by atoms with Gasteiger partial charge in [-0.05, 0) is 44.4 Å². The van der Waals surface area contributed by atoms with Crippen LogP contribution in [0, 0.1) is 23.7 Å². The van der Waals surface area contributed by atoms with Crippen LogP contribution in [0.15, 0.2) is 11.6 Å². The summed E-state index contributed by atoms with van der Waals surface area (Å²) in [7, 11) is 4.25.